The van der Waals surface area contributed by atoms with Gasteiger partial charge in [0.05, 0.1) is 12.7 Å². The van der Waals surface area contributed by atoms with Gasteiger partial charge in [0.2, 0.25) is 0 Å². The lowest BCUT2D eigenvalue weighted by molar-refractivity contribution is -0.118. The Kier molecular flexibility index (Phi) is 3.19. The largest absolute Gasteiger partial charge is 0.375 e. The lowest BCUT2D eigenvalue weighted by Crippen LogP contribution is -2.48. The van der Waals surface area contributed by atoms with Crippen LogP contribution in [0, 0.1) is 0 Å². The summed E-state index contributed by atoms with van der Waals surface area (Å²) in [5, 5.41) is 0. The van der Waals surface area contributed by atoms with Gasteiger partial charge in [0.25, 0.3) is 0 Å². The second-order valence-corrected chi connectivity index (χ2v) is 4.40. The summed E-state index contributed by atoms with van der Waals surface area (Å²) < 4.78 is 5.71. The van der Waals surface area contributed by atoms with E-state index in [0.717, 1.165) is 19.7 Å². The van der Waals surface area contributed by atoms with Gasteiger partial charge in [0, 0.05) is 25.6 Å². The van der Waals surface area contributed by atoms with Crippen molar-refractivity contribution in [3.63, 3.8) is 0 Å². The topological polar surface area (TPSA) is 29.5 Å². The molecule has 3 nitrogen and oxygen atoms in total. The van der Waals surface area contributed by atoms with Crippen LogP contribution in [-0.2, 0) is 9.53 Å². The van der Waals surface area contributed by atoms with Gasteiger partial charge in [-0.25, -0.2) is 0 Å². The van der Waals surface area contributed by atoms with Crippen LogP contribution < -0.4 is 0 Å². The van der Waals surface area contributed by atoms with Crippen LogP contribution in [0.4, 0.5) is 0 Å². The van der Waals surface area contributed by atoms with Crippen LogP contribution in [0.2, 0.25) is 0 Å². The molecule has 0 aromatic heterocycles. The Bertz CT molecular complexity index is 217. The number of carbonyl (C=O) groups is 1. The van der Waals surface area contributed by atoms with Gasteiger partial charge in [0.1, 0.15) is 5.78 Å². The fraction of sp³-hybridized carbons (Fsp3) is 0.909. The van der Waals surface area contributed by atoms with E-state index in [2.05, 4.69) is 4.90 Å². The zero-order valence-corrected chi connectivity index (χ0v) is 8.87. The summed E-state index contributed by atoms with van der Waals surface area (Å²) in [6, 6.07) is 0.600. The molecule has 0 amide bonds. The zero-order valence-electron chi connectivity index (χ0n) is 8.87. The molecule has 1 heterocycles. The summed E-state index contributed by atoms with van der Waals surface area (Å²) >= 11 is 0. The Morgan fingerprint density at radius 1 is 1.50 bits per heavy atom. The molecule has 1 saturated carbocycles. The van der Waals surface area contributed by atoms with Crippen LogP contribution in [0.5, 0.6) is 0 Å². The highest BCUT2D eigenvalue weighted by atomic mass is 16.5. The highest BCUT2D eigenvalue weighted by Crippen LogP contribution is 2.29. The molecule has 0 aromatic carbocycles. The van der Waals surface area contributed by atoms with E-state index >= 15 is 0 Å². The maximum absolute atomic E-state index is 10.9. The Labute approximate surface area is 85.4 Å². The van der Waals surface area contributed by atoms with E-state index in [1.54, 1.807) is 6.92 Å². The van der Waals surface area contributed by atoms with Crippen molar-refractivity contribution in [2.45, 2.75) is 44.8 Å². The Morgan fingerprint density at radius 3 is 3.14 bits per heavy atom. The van der Waals surface area contributed by atoms with Crippen molar-refractivity contribution in [2.75, 3.05) is 19.7 Å². The fourth-order valence-corrected chi connectivity index (χ4v) is 2.58. The van der Waals surface area contributed by atoms with Gasteiger partial charge < -0.3 is 4.74 Å². The molecular weight excluding hydrogens is 178 g/mol. The minimum atomic E-state index is 0.297. The number of rotatable bonds is 3. The molecule has 0 radical (unpaired) electrons. The molecule has 1 saturated heterocycles. The summed E-state index contributed by atoms with van der Waals surface area (Å²) in [6.45, 7) is 4.46. The minimum Gasteiger partial charge on any atom is -0.375 e. The van der Waals surface area contributed by atoms with E-state index in [1.165, 1.54) is 19.3 Å². The number of nitrogens with zero attached hydrogens (tertiary/aromatic N) is 1. The normalized spacial score (nSPS) is 32.9. The molecular formula is C11H19NO2. The third-order valence-electron chi connectivity index (χ3n) is 3.35. The van der Waals surface area contributed by atoms with Crippen molar-refractivity contribution in [1.82, 2.24) is 4.90 Å². The van der Waals surface area contributed by atoms with Gasteiger partial charge in [-0.15, -0.1) is 0 Å². The lowest BCUT2D eigenvalue weighted by atomic mass is 10.1. The van der Waals surface area contributed by atoms with Crippen LogP contribution in [0.1, 0.15) is 32.6 Å². The van der Waals surface area contributed by atoms with Crippen molar-refractivity contribution >= 4 is 5.78 Å². The predicted octanol–water partition coefficient (Wildman–Crippen LogP) is 1.22. The lowest BCUT2D eigenvalue weighted by Gasteiger charge is -2.37. The number of ether oxygens (including phenoxy) is 1. The van der Waals surface area contributed by atoms with Crippen LogP contribution in [-0.4, -0.2) is 42.5 Å². The third kappa shape index (κ3) is 2.15. The highest BCUT2D eigenvalue weighted by molar-refractivity contribution is 5.75. The van der Waals surface area contributed by atoms with E-state index in [4.69, 9.17) is 4.74 Å². The molecule has 2 rings (SSSR count). The maximum atomic E-state index is 10.9. The summed E-state index contributed by atoms with van der Waals surface area (Å²) in [5.41, 5.74) is 0. The van der Waals surface area contributed by atoms with Gasteiger partial charge in [-0.3, -0.25) is 9.69 Å². The highest BCUT2D eigenvalue weighted by Gasteiger charge is 2.35. The van der Waals surface area contributed by atoms with Crippen molar-refractivity contribution in [2.24, 2.45) is 0 Å². The minimum absolute atomic E-state index is 0.297. The zero-order chi connectivity index (χ0) is 9.97. The van der Waals surface area contributed by atoms with Gasteiger partial charge in [0.15, 0.2) is 0 Å². The predicted molar refractivity (Wildman–Crippen MR) is 54.3 cm³/mol. The molecule has 0 aromatic rings. The van der Waals surface area contributed by atoms with Gasteiger partial charge >= 0.3 is 0 Å². The Hall–Kier alpha value is -0.410. The number of fused-ring (bicyclic) bond motifs is 1. The Balaban J connectivity index is 1.87. The monoisotopic (exact) mass is 197 g/mol. The van der Waals surface area contributed by atoms with Crippen molar-refractivity contribution in [3.8, 4) is 0 Å². The molecule has 0 spiro atoms. The van der Waals surface area contributed by atoms with Crippen LogP contribution in [0.3, 0.4) is 0 Å². The first-order valence-corrected chi connectivity index (χ1v) is 5.62. The molecule has 0 bridgehead atoms. The van der Waals surface area contributed by atoms with Crippen LogP contribution in [0.25, 0.3) is 0 Å². The third-order valence-corrected chi connectivity index (χ3v) is 3.35. The summed E-state index contributed by atoms with van der Waals surface area (Å²) in [4.78, 5) is 13.4. The number of hydrogen-bond donors (Lipinski definition) is 0. The molecule has 1 aliphatic heterocycles. The Morgan fingerprint density at radius 2 is 2.36 bits per heavy atom. The van der Waals surface area contributed by atoms with Gasteiger partial charge in [-0.1, -0.05) is 0 Å². The summed E-state index contributed by atoms with van der Waals surface area (Å²) in [5.74, 6) is 0.297. The molecule has 80 valence electrons. The molecule has 2 fully saturated rings. The number of morpholine rings is 1. The second-order valence-electron chi connectivity index (χ2n) is 4.40. The SMILES string of the molecule is CC(=O)CCN1CCOC2CCCC21. The summed E-state index contributed by atoms with van der Waals surface area (Å²) in [6.07, 6.45) is 4.90. The van der Waals surface area contributed by atoms with Crippen LogP contribution in [0.15, 0.2) is 0 Å². The quantitative estimate of drug-likeness (QED) is 0.681. The van der Waals surface area contributed by atoms with Crippen molar-refractivity contribution < 1.29 is 9.53 Å². The van der Waals surface area contributed by atoms with E-state index in [9.17, 15) is 4.79 Å². The number of Topliss-reactive ketones (excluding diaryl/α,β-unsaturated/α-hetero) is 1. The smallest absolute Gasteiger partial charge is 0.131 e. The molecule has 1 aliphatic carbocycles. The van der Waals surface area contributed by atoms with Crippen LogP contribution >= 0.6 is 0 Å². The first kappa shape index (κ1) is 10.1. The van der Waals surface area contributed by atoms with E-state index in [1.807, 2.05) is 0 Å². The molecule has 14 heavy (non-hydrogen) atoms. The average molecular weight is 197 g/mol. The second kappa shape index (κ2) is 4.41. The van der Waals surface area contributed by atoms with Gasteiger partial charge in [-0.05, 0) is 26.2 Å². The number of carbonyl (C=O) groups excluding carboxylic acids is 1. The summed E-state index contributed by atoms with van der Waals surface area (Å²) in [7, 11) is 0. The van der Waals surface area contributed by atoms with E-state index in [0.29, 0.717) is 24.3 Å². The molecule has 2 aliphatic rings. The molecule has 3 heteroatoms. The molecule has 2 unspecified atom stereocenters. The molecule has 0 N–H and O–H groups in total. The number of hydrogen-bond acceptors (Lipinski definition) is 3. The first-order chi connectivity index (χ1) is 6.77. The van der Waals surface area contributed by atoms with E-state index < -0.39 is 0 Å². The van der Waals surface area contributed by atoms with Crippen molar-refractivity contribution in [1.29, 1.82) is 0 Å². The molecule has 2 atom stereocenters. The maximum Gasteiger partial charge on any atom is 0.131 e. The van der Waals surface area contributed by atoms with Crippen molar-refractivity contribution in [3.05, 3.63) is 0 Å². The number of ketones is 1. The average Bonchev–Trinajstić information content (AvgIpc) is 2.62. The fourth-order valence-electron chi connectivity index (χ4n) is 2.58. The first-order valence-electron chi connectivity index (χ1n) is 5.62. The van der Waals surface area contributed by atoms with E-state index in [-0.39, 0.29) is 0 Å². The van der Waals surface area contributed by atoms with Gasteiger partial charge in [-0.2, -0.15) is 0 Å². The standard InChI is InChI=1S/C11H19NO2/c1-9(13)5-6-12-7-8-14-11-4-2-3-10(11)12/h10-11H,2-8H2,1H3.